The third-order valence-electron chi connectivity index (χ3n) is 5.40. The van der Waals surface area contributed by atoms with Crippen molar-refractivity contribution in [2.75, 3.05) is 0 Å². The lowest BCUT2D eigenvalue weighted by molar-refractivity contribution is -0.136. The molecule has 0 spiro atoms. The van der Waals surface area contributed by atoms with E-state index in [1.54, 1.807) is 41.8 Å². The van der Waals surface area contributed by atoms with Gasteiger partial charge in [0.25, 0.3) is 10.0 Å². The van der Waals surface area contributed by atoms with Crippen LogP contribution in [0.25, 0.3) is 5.52 Å². The number of aromatic nitrogens is 2. The number of aliphatic carboxylic acids is 1. The molecule has 4 rings (SSSR count). The van der Waals surface area contributed by atoms with E-state index in [-0.39, 0.29) is 17.7 Å². The van der Waals surface area contributed by atoms with Crippen LogP contribution in [0.3, 0.4) is 0 Å². The second-order valence-corrected chi connectivity index (χ2v) is 9.15. The maximum absolute atomic E-state index is 13.3. The summed E-state index contributed by atoms with van der Waals surface area (Å²) in [6.45, 7) is 1.79. The predicted octanol–water partition coefficient (Wildman–Crippen LogP) is 3.51. The smallest absolute Gasteiger partial charge is 0.307 e. The summed E-state index contributed by atoms with van der Waals surface area (Å²) in [7, 11) is -3.96. The first kappa shape index (κ1) is 21.3. The molecule has 1 aromatic carbocycles. The lowest BCUT2D eigenvalue weighted by Gasteiger charge is -2.12. The normalized spacial score (nSPS) is 11.5. The van der Waals surface area contributed by atoms with E-state index in [0.717, 1.165) is 21.7 Å². The zero-order valence-electron chi connectivity index (χ0n) is 17.0. The Bertz CT molecular complexity index is 1490. The molecule has 3 aromatic heterocycles. The molecule has 0 fully saturated rings. The van der Waals surface area contributed by atoms with Gasteiger partial charge in [0.05, 0.1) is 16.9 Å². The van der Waals surface area contributed by atoms with Crippen molar-refractivity contribution < 1.29 is 22.7 Å². The largest absolute Gasteiger partial charge is 0.481 e. The van der Waals surface area contributed by atoms with Gasteiger partial charge in [-0.15, -0.1) is 0 Å². The van der Waals surface area contributed by atoms with Crippen molar-refractivity contribution in [3.05, 3.63) is 94.8 Å². The molecule has 0 aliphatic rings. The number of nitriles is 1. The second-order valence-electron chi connectivity index (χ2n) is 7.34. The van der Waals surface area contributed by atoms with Crippen molar-refractivity contribution in [2.45, 2.75) is 24.7 Å². The fourth-order valence-corrected chi connectivity index (χ4v) is 5.21. The minimum absolute atomic E-state index is 0.0496. The lowest BCUT2D eigenvalue weighted by Crippen LogP contribution is -2.15. The molecule has 0 unspecified atom stereocenters. The number of pyridine rings is 1. The van der Waals surface area contributed by atoms with Gasteiger partial charge in [-0.05, 0) is 66.6 Å². The maximum Gasteiger partial charge on any atom is 0.307 e. The summed E-state index contributed by atoms with van der Waals surface area (Å²) < 4.78 is 42.4. The molecule has 0 radical (unpaired) electrons. The monoisotopic (exact) mass is 451 g/mol. The number of carboxylic acids is 1. The number of halogens is 1. The van der Waals surface area contributed by atoms with Crippen LogP contribution in [0.15, 0.2) is 65.8 Å². The van der Waals surface area contributed by atoms with E-state index in [0.29, 0.717) is 28.0 Å². The van der Waals surface area contributed by atoms with Crippen LogP contribution in [0.2, 0.25) is 0 Å². The Hall–Kier alpha value is -3.90. The summed E-state index contributed by atoms with van der Waals surface area (Å²) in [4.78, 5) is 11.4. The van der Waals surface area contributed by atoms with Crippen LogP contribution in [0.4, 0.5) is 4.39 Å². The fraction of sp³-hybridized carbons (Fsp3) is 0.130. The van der Waals surface area contributed by atoms with Gasteiger partial charge in [0.1, 0.15) is 11.9 Å². The maximum atomic E-state index is 13.3. The zero-order valence-corrected chi connectivity index (χ0v) is 17.8. The van der Waals surface area contributed by atoms with Gasteiger partial charge in [-0.3, -0.25) is 4.79 Å². The van der Waals surface area contributed by atoms with Crippen LogP contribution in [0, 0.1) is 24.1 Å². The van der Waals surface area contributed by atoms with Crippen molar-refractivity contribution in [3.63, 3.8) is 0 Å². The summed E-state index contributed by atoms with van der Waals surface area (Å²) in [6.07, 6.45) is 3.01. The molecule has 0 aliphatic carbocycles. The van der Waals surface area contributed by atoms with Crippen LogP contribution in [-0.2, 0) is 27.7 Å². The molecule has 0 saturated carbocycles. The van der Waals surface area contributed by atoms with E-state index in [4.69, 9.17) is 0 Å². The van der Waals surface area contributed by atoms with Gasteiger partial charge in [0, 0.05) is 35.7 Å². The van der Waals surface area contributed by atoms with E-state index in [2.05, 4.69) is 6.07 Å². The second kappa shape index (κ2) is 7.98. The molecule has 0 atom stereocenters. The SMILES string of the molecule is Cc1c(CC(=O)O)c2ccc(C#N)cn2c1Cc1cccn1S(=O)(=O)c1ccc(F)cc1. The quantitative estimate of drug-likeness (QED) is 0.483. The molecule has 3 heterocycles. The molecular formula is C23H18FN3O4S. The highest BCUT2D eigenvalue weighted by Crippen LogP contribution is 2.28. The van der Waals surface area contributed by atoms with E-state index >= 15 is 0 Å². The summed E-state index contributed by atoms with van der Waals surface area (Å²) in [5, 5.41) is 18.6. The average Bonchev–Trinajstić information content (AvgIpc) is 3.33. The van der Waals surface area contributed by atoms with Gasteiger partial charge in [-0.25, -0.2) is 16.8 Å². The number of hydrogen-bond donors (Lipinski definition) is 1. The minimum atomic E-state index is -3.96. The van der Waals surface area contributed by atoms with E-state index in [1.165, 1.54) is 18.3 Å². The highest BCUT2D eigenvalue weighted by molar-refractivity contribution is 7.90. The van der Waals surface area contributed by atoms with Crippen molar-refractivity contribution >= 4 is 21.5 Å². The Morgan fingerprint density at radius 1 is 1.16 bits per heavy atom. The number of nitrogens with zero attached hydrogens (tertiary/aromatic N) is 3. The molecule has 4 aromatic rings. The van der Waals surface area contributed by atoms with Crippen molar-refractivity contribution in [1.82, 2.24) is 8.37 Å². The predicted molar refractivity (Wildman–Crippen MR) is 114 cm³/mol. The molecule has 1 N–H and O–H groups in total. The molecule has 0 amide bonds. The molecule has 162 valence electrons. The first-order valence-electron chi connectivity index (χ1n) is 9.64. The summed E-state index contributed by atoms with van der Waals surface area (Å²) >= 11 is 0. The van der Waals surface area contributed by atoms with E-state index in [9.17, 15) is 28.0 Å². The Labute approximate surface area is 183 Å². The van der Waals surface area contributed by atoms with Gasteiger partial charge in [-0.1, -0.05) is 0 Å². The molecular weight excluding hydrogens is 433 g/mol. The van der Waals surface area contributed by atoms with Crippen molar-refractivity contribution in [2.24, 2.45) is 0 Å². The molecule has 0 aliphatic heterocycles. The highest BCUT2D eigenvalue weighted by atomic mass is 32.2. The first-order valence-corrected chi connectivity index (χ1v) is 11.1. The van der Waals surface area contributed by atoms with Gasteiger partial charge >= 0.3 is 5.97 Å². The van der Waals surface area contributed by atoms with Gasteiger partial charge in [0.2, 0.25) is 0 Å². The number of hydrogen-bond acceptors (Lipinski definition) is 4. The fourth-order valence-electron chi connectivity index (χ4n) is 3.84. The molecule has 32 heavy (non-hydrogen) atoms. The van der Waals surface area contributed by atoms with Crippen molar-refractivity contribution in [3.8, 4) is 6.07 Å². The van der Waals surface area contributed by atoms with Crippen LogP contribution < -0.4 is 0 Å². The molecule has 0 bridgehead atoms. The van der Waals surface area contributed by atoms with Crippen LogP contribution in [0.5, 0.6) is 0 Å². The third-order valence-corrected chi connectivity index (χ3v) is 7.15. The van der Waals surface area contributed by atoms with Crippen LogP contribution >= 0.6 is 0 Å². The number of fused-ring (bicyclic) bond motifs is 1. The third kappa shape index (κ3) is 3.65. The number of carbonyl (C=O) groups is 1. The topological polar surface area (TPSA) is 105 Å². The van der Waals surface area contributed by atoms with Crippen molar-refractivity contribution in [1.29, 1.82) is 5.26 Å². The standard InChI is InChI=1S/C23H18FN3O4S/c1-15-20(12-23(28)29)21-9-4-16(13-25)14-26(21)22(15)11-18-3-2-10-27(18)32(30,31)19-7-5-17(24)6-8-19/h2-10,14H,11-12H2,1H3,(H,28,29). The minimum Gasteiger partial charge on any atom is -0.481 e. The van der Waals surface area contributed by atoms with E-state index in [1.807, 2.05) is 0 Å². The van der Waals surface area contributed by atoms with Gasteiger partial charge < -0.3 is 9.51 Å². The zero-order chi connectivity index (χ0) is 23.0. The molecule has 9 heteroatoms. The number of rotatable bonds is 6. The summed E-state index contributed by atoms with van der Waals surface area (Å²) in [6, 6.07) is 13.2. The van der Waals surface area contributed by atoms with E-state index < -0.39 is 21.8 Å². The highest BCUT2D eigenvalue weighted by Gasteiger charge is 2.23. The Morgan fingerprint density at radius 2 is 1.88 bits per heavy atom. The molecule has 0 saturated heterocycles. The van der Waals surface area contributed by atoms with Crippen LogP contribution in [-0.4, -0.2) is 27.9 Å². The molecule has 7 nitrogen and oxygen atoms in total. The Balaban J connectivity index is 1.84. The number of carboxylic acid groups (broad SMARTS) is 1. The summed E-state index contributed by atoms with van der Waals surface area (Å²) in [5.74, 6) is -1.52. The summed E-state index contributed by atoms with van der Waals surface area (Å²) in [5.41, 5.74) is 3.50. The Morgan fingerprint density at radius 3 is 2.53 bits per heavy atom. The number of benzene rings is 1. The van der Waals surface area contributed by atoms with Crippen LogP contribution in [0.1, 0.15) is 28.1 Å². The van der Waals surface area contributed by atoms with Gasteiger partial charge in [0.15, 0.2) is 0 Å². The average molecular weight is 451 g/mol. The van der Waals surface area contributed by atoms with Gasteiger partial charge in [-0.2, -0.15) is 5.26 Å². The lowest BCUT2D eigenvalue weighted by atomic mass is 10.1. The Kier molecular flexibility index (Phi) is 5.32. The first-order chi connectivity index (χ1) is 15.2.